The van der Waals surface area contributed by atoms with Crippen molar-refractivity contribution in [1.29, 1.82) is 0 Å². The molecule has 0 bridgehead atoms. The third kappa shape index (κ3) is 3.04. The second-order valence-electron chi connectivity index (χ2n) is 1.60. The first-order valence-electron chi connectivity index (χ1n) is 2.34. The molecule has 0 spiro atoms. The Morgan fingerprint density at radius 2 is 1.80 bits per heavy atom. The van der Waals surface area contributed by atoms with E-state index in [2.05, 4.69) is 12.6 Å². The molecule has 1 aromatic rings. The fourth-order valence-electron chi connectivity index (χ4n) is 0.481. The van der Waals surface area contributed by atoms with Gasteiger partial charge in [-0.15, -0.1) is 12.6 Å². The molecule has 0 aliphatic heterocycles. The zero-order valence-corrected chi connectivity index (χ0v) is 9.84. The van der Waals surface area contributed by atoms with Crippen LogP contribution in [-0.4, -0.2) is 29.6 Å². The number of halogens is 2. The van der Waals surface area contributed by atoms with Gasteiger partial charge in [0.2, 0.25) is 0 Å². The maximum atomic E-state index is 5.65. The van der Waals surface area contributed by atoms with Gasteiger partial charge in [0.05, 0.1) is 5.02 Å². The van der Waals surface area contributed by atoms with E-state index in [1.807, 2.05) is 0 Å². The van der Waals surface area contributed by atoms with E-state index in [1.165, 1.54) is 0 Å². The zero-order valence-electron chi connectivity index (χ0n) is 5.44. The molecule has 1 radical (unpaired) electrons. The zero-order chi connectivity index (χ0) is 6.85. The second kappa shape index (κ2) is 4.91. The van der Waals surface area contributed by atoms with E-state index in [1.54, 1.807) is 18.2 Å². The van der Waals surface area contributed by atoms with E-state index in [-0.39, 0.29) is 29.6 Å². The topological polar surface area (TPSA) is 0 Å². The molecule has 0 unspecified atom stereocenters. The molecule has 0 aromatic heterocycles. The van der Waals surface area contributed by atoms with E-state index in [0.717, 1.165) is 4.90 Å². The van der Waals surface area contributed by atoms with Gasteiger partial charge in [0.25, 0.3) is 0 Å². The van der Waals surface area contributed by atoms with Crippen LogP contribution in [0, 0.1) is 0 Å². The van der Waals surface area contributed by atoms with E-state index < -0.39 is 0 Å². The van der Waals surface area contributed by atoms with Crippen molar-refractivity contribution in [3.05, 3.63) is 28.2 Å². The van der Waals surface area contributed by atoms with Gasteiger partial charge in [-0.2, -0.15) is 0 Å². The Morgan fingerprint density at radius 3 is 2.20 bits per heavy atom. The molecule has 0 saturated heterocycles. The van der Waals surface area contributed by atoms with Crippen molar-refractivity contribution < 1.29 is 0 Å². The van der Waals surface area contributed by atoms with Crippen molar-refractivity contribution in [1.82, 2.24) is 0 Å². The first-order valence-corrected chi connectivity index (χ1v) is 3.54. The molecule has 0 aliphatic rings. The molecular weight excluding hydrogens is 198 g/mol. The Balaban J connectivity index is 0.000000810. The van der Waals surface area contributed by atoms with Gasteiger partial charge in [-0.1, -0.05) is 23.2 Å². The van der Waals surface area contributed by atoms with Crippen molar-refractivity contribution in [2.75, 3.05) is 0 Å². The van der Waals surface area contributed by atoms with Gasteiger partial charge in [-0.3, -0.25) is 0 Å². The quantitative estimate of drug-likeness (QED) is 0.485. The van der Waals surface area contributed by atoms with Crippen LogP contribution in [-0.2, 0) is 0 Å². The average Bonchev–Trinajstić information content (AvgIpc) is 1.80. The van der Waals surface area contributed by atoms with Gasteiger partial charge in [0.1, 0.15) is 0 Å². The van der Waals surface area contributed by atoms with E-state index in [4.69, 9.17) is 23.2 Å². The Hall–Kier alpha value is 1.15. The maximum absolute atomic E-state index is 5.65. The molecule has 0 amide bonds. The molecule has 0 atom stereocenters. The summed E-state index contributed by atoms with van der Waals surface area (Å²) in [4.78, 5) is 0.751. The second-order valence-corrected chi connectivity index (χ2v) is 2.92. The van der Waals surface area contributed by atoms with E-state index in [9.17, 15) is 0 Å². The average molecular weight is 202 g/mol. The minimum atomic E-state index is 0. The summed E-state index contributed by atoms with van der Waals surface area (Å²) >= 11 is 15.3. The van der Waals surface area contributed by atoms with Crippen LogP contribution in [0.3, 0.4) is 0 Å². The number of rotatable bonds is 0. The minimum Gasteiger partial charge on any atom is -0.142 e. The summed E-state index contributed by atoms with van der Waals surface area (Å²) < 4.78 is 0. The number of hydrogen-bond acceptors (Lipinski definition) is 1. The van der Waals surface area contributed by atoms with Gasteiger partial charge in [-0.05, 0) is 18.2 Å². The maximum Gasteiger partial charge on any atom is 0.0554 e. The van der Waals surface area contributed by atoms with Crippen LogP contribution < -0.4 is 0 Å². The fraction of sp³-hybridized carbons (Fsp3) is 0. The van der Waals surface area contributed by atoms with Crippen LogP contribution in [0.1, 0.15) is 0 Å². The molecule has 0 fully saturated rings. The predicted octanol–water partition coefficient (Wildman–Crippen LogP) is 2.90. The minimum absolute atomic E-state index is 0. The van der Waals surface area contributed by atoms with Gasteiger partial charge in [0, 0.05) is 39.5 Å². The van der Waals surface area contributed by atoms with E-state index >= 15 is 0 Å². The molecular formula is C6H4Cl2NaS. The smallest absolute Gasteiger partial charge is 0.0554 e. The summed E-state index contributed by atoms with van der Waals surface area (Å²) in [6.07, 6.45) is 0. The van der Waals surface area contributed by atoms with Gasteiger partial charge >= 0.3 is 0 Å². The molecule has 0 N–H and O–H groups in total. The molecule has 0 heterocycles. The van der Waals surface area contributed by atoms with Crippen molar-refractivity contribution in [2.45, 2.75) is 4.90 Å². The summed E-state index contributed by atoms with van der Waals surface area (Å²) in [5, 5.41) is 1.23. The molecule has 1 aromatic carbocycles. The van der Waals surface area contributed by atoms with Crippen LogP contribution in [0.2, 0.25) is 10.0 Å². The Bertz CT molecular complexity index is 227. The van der Waals surface area contributed by atoms with Crippen molar-refractivity contribution in [2.24, 2.45) is 0 Å². The van der Waals surface area contributed by atoms with Gasteiger partial charge in [-0.25, -0.2) is 0 Å². The Morgan fingerprint density at radius 1 is 1.20 bits per heavy atom. The third-order valence-electron chi connectivity index (χ3n) is 0.910. The summed E-state index contributed by atoms with van der Waals surface area (Å²) in [5.74, 6) is 0. The standard InChI is InChI=1S/C6H4Cl2S.Na/c7-4-1-2-6(9)5(8)3-4;/h1-3,9H;. The van der Waals surface area contributed by atoms with Crippen molar-refractivity contribution in [3.63, 3.8) is 0 Å². The number of thiol groups is 1. The Labute approximate surface area is 97.6 Å². The van der Waals surface area contributed by atoms with Gasteiger partial charge in [0.15, 0.2) is 0 Å². The van der Waals surface area contributed by atoms with Crippen LogP contribution in [0.4, 0.5) is 0 Å². The molecule has 0 nitrogen and oxygen atoms in total. The summed E-state index contributed by atoms with van der Waals surface area (Å²) in [5.41, 5.74) is 0. The first kappa shape index (κ1) is 11.2. The number of benzene rings is 1. The third-order valence-corrected chi connectivity index (χ3v) is 1.98. The SMILES string of the molecule is Sc1ccc(Cl)cc1Cl.[Na]. The summed E-state index contributed by atoms with van der Waals surface area (Å²) in [6.45, 7) is 0. The molecule has 1 rings (SSSR count). The predicted molar refractivity (Wildman–Crippen MR) is 49.5 cm³/mol. The molecule has 0 aliphatic carbocycles. The van der Waals surface area contributed by atoms with Crippen LogP contribution >= 0.6 is 35.8 Å². The largest absolute Gasteiger partial charge is 0.142 e. The summed E-state index contributed by atoms with van der Waals surface area (Å²) in [6, 6.07) is 5.16. The molecule has 49 valence electrons. The summed E-state index contributed by atoms with van der Waals surface area (Å²) in [7, 11) is 0. The normalized spacial score (nSPS) is 8.70. The van der Waals surface area contributed by atoms with Crippen LogP contribution in [0.25, 0.3) is 0 Å². The van der Waals surface area contributed by atoms with Crippen molar-refractivity contribution >= 4 is 65.4 Å². The van der Waals surface area contributed by atoms with Crippen molar-refractivity contribution in [3.8, 4) is 0 Å². The van der Waals surface area contributed by atoms with Crippen LogP contribution in [0.15, 0.2) is 23.1 Å². The number of hydrogen-bond donors (Lipinski definition) is 1. The monoisotopic (exact) mass is 201 g/mol. The first-order chi connectivity index (χ1) is 4.20. The molecule has 4 heteroatoms. The van der Waals surface area contributed by atoms with Crippen LogP contribution in [0.5, 0.6) is 0 Å². The van der Waals surface area contributed by atoms with Gasteiger partial charge < -0.3 is 0 Å². The fourth-order valence-corrected chi connectivity index (χ4v) is 1.03. The van der Waals surface area contributed by atoms with E-state index in [0.29, 0.717) is 10.0 Å². The Kier molecular flexibility index (Phi) is 5.48. The molecule has 10 heavy (non-hydrogen) atoms. The molecule has 0 saturated carbocycles.